The Balaban J connectivity index is 3.97. The van der Waals surface area contributed by atoms with Gasteiger partial charge in [0.2, 0.25) is 0 Å². The van der Waals surface area contributed by atoms with Crippen molar-refractivity contribution in [2.45, 2.75) is 51.7 Å². The standard InChI is InChI=1S/C9H20S/c1-5-8(6-2)9(4,10)7-3/h8,10H,5-7H2,1-4H3. The summed E-state index contributed by atoms with van der Waals surface area (Å²) in [6.45, 7) is 8.95. The van der Waals surface area contributed by atoms with Crippen LogP contribution in [0, 0.1) is 5.92 Å². The summed E-state index contributed by atoms with van der Waals surface area (Å²) in [5, 5.41) is 0. The van der Waals surface area contributed by atoms with Gasteiger partial charge in [-0.15, -0.1) is 0 Å². The normalized spacial score (nSPS) is 17.4. The Morgan fingerprint density at radius 2 is 1.60 bits per heavy atom. The van der Waals surface area contributed by atoms with Gasteiger partial charge in [-0.05, 0) is 12.3 Å². The molecule has 0 saturated carbocycles. The van der Waals surface area contributed by atoms with Gasteiger partial charge in [0.25, 0.3) is 0 Å². The fraction of sp³-hybridized carbons (Fsp3) is 1.00. The molecule has 0 amide bonds. The van der Waals surface area contributed by atoms with Gasteiger partial charge >= 0.3 is 0 Å². The molecule has 0 aliphatic heterocycles. The molecule has 0 nitrogen and oxygen atoms in total. The fourth-order valence-corrected chi connectivity index (χ4v) is 1.82. The molecule has 0 aliphatic rings. The van der Waals surface area contributed by atoms with Crippen LogP contribution >= 0.6 is 12.6 Å². The van der Waals surface area contributed by atoms with E-state index in [1.807, 2.05) is 0 Å². The zero-order valence-electron chi connectivity index (χ0n) is 7.65. The van der Waals surface area contributed by atoms with E-state index in [4.69, 9.17) is 0 Å². The first-order valence-corrected chi connectivity index (χ1v) is 4.75. The number of hydrogen-bond donors (Lipinski definition) is 1. The van der Waals surface area contributed by atoms with Crippen LogP contribution in [0.4, 0.5) is 0 Å². The van der Waals surface area contributed by atoms with E-state index in [2.05, 4.69) is 40.3 Å². The van der Waals surface area contributed by atoms with Crippen LogP contribution in [0.1, 0.15) is 47.0 Å². The second-order valence-corrected chi connectivity index (χ2v) is 4.25. The third kappa shape index (κ3) is 2.53. The maximum Gasteiger partial charge on any atom is 0.0127 e. The summed E-state index contributed by atoms with van der Waals surface area (Å²) in [7, 11) is 0. The molecule has 0 fully saturated rings. The minimum Gasteiger partial charge on any atom is -0.173 e. The fourth-order valence-electron chi connectivity index (χ4n) is 1.46. The van der Waals surface area contributed by atoms with Crippen LogP contribution in [0.25, 0.3) is 0 Å². The van der Waals surface area contributed by atoms with Gasteiger partial charge < -0.3 is 0 Å². The molecule has 0 heterocycles. The Morgan fingerprint density at radius 1 is 1.20 bits per heavy atom. The molecule has 0 aromatic heterocycles. The Kier molecular flexibility index (Phi) is 4.42. The van der Waals surface area contributed by atoms with Crippen molar-refractivity contribution in [3.8, 4) is 0 Å². The van der Waals surface area contributed by atoms with Gasteiger partial charge in [-0.1, -0.05) is 40.5 Å². The Hall–Kier alpha value is 0.350. The zero-order chi connectivity index (χ0) is 8.20. The highest BCUT2D eigenvalue weighted by Crippen LogP contribution is 2.32. The summed E-state index contributed by atoms with van der Waals surface area (Å²) in [5.41, 5.74) is 0. The monoisotopic (exact) mass is 160 g/mol. The molecule has 0 radical (unpaired) electrons. The van der Waals surface area contributed by atoms with E-state index < -0.39 is 0 Å². The van der Waals surface area contributed by atoms with Crippen LogP contribution in [0.2, 0.25) is 0 Å². The van der Waals surface area contributed by atoms with Crippen LogP contribution in [0.15, 0.2) is 0 Å². The average molecular weight is 160 g/mol. The lowest BCUT2D eigenvalue weighted by Gasteiger charge is -2.30. The molecule has 0 rings (SSSR count). The van der Waals surface area contributed by atoms with Crippen molar-refractivity contribution in [2.24, 2.45) is 5.92 Å². The number of hydrogen-bond acceptors (Lipinski definition) is 1. The number of thiol groups is 1. The molecule has 0 aromatic carbocycles. The molecule has 0 aliphatic carbocycles. The molecule has 62 valence electrons. The van der Waals surface area contributed by atoms with E-state index in [1.54, 1.807) is 0 Å². The molecule has 1 unspecified atom stereocenters. The second-order valence-electron chi connectivity index (χ2n) is 3.22. The molecule has 0 bridgehead atoms. The maximum absolute atomic E-state index is 4.64. The first-order chi connectivity index (χ1) is 4.58. The highest BCUT2D eigenvalue weighted by atomic mass is 32.1. The van der Waals surface area contributed by atoms with Crippen molar-refractivity contribution in [1.29, 1.82) is 0 Å². The molecule has 0 N–H and O–H groups in total. The first-order valence-electron chi connectivity index (χ1n) is 4.30. The van der Waals surface area contributed by atoms with Crippen LogP contribution < -0.4 is 0 Å². The van der Waals surface area contributed by atoms with Gasteiger partial charge in [0.1, 0.15) is 0 Å². The summed E-state index contributed by atoms with van der Waals surface area (Å²) in [6.07, 6.45) is 3.68. The molecule has 1 heteroatoms. The van der Waals surface area contributed by atoms with E-state index in [1.165, 1.54) is 19.3 Å². The lowest BCUT2D eigenvalue weighted by molar-refractivity contribution is 0.369. The van der Waals surface area contributed by atoms with Gasteiger partial charge in [-0.3, -0.25) is 0 Å². The molecule has 10 heavy (non-hydrogen) atoms. The molecule has 0 aromatic rings. The van der Waals surface area contributed by atoms with Crippen LogP contribution in [-0.2, 0) is 0 Å². The van der Waals surface area contributed by atoms with Crippen molar-refractivity contribution in [2.75, 3.05) is 0 Å². The van der Waals surface area contributed by atoms with E-state index in [0.717, 1.165) is 5.92 Å². The topological polar surface area (TPSA) is 0 Å². The lowest BCUT2D eigenvalue weighted by Crippen LogP contribution is -2.26. The van der Waals surface area contributed by atoms with Crippen molar-refractivity contribution in [3.63, 3.8) is 0 Å². The van der Waals surface area contributed by atoms with Gasteiger partial charge in [-0.2, -0.15) is 12.6 Å². The van der Waals surface area contributed by atoms with E-state index in [0.29, 0.717) is 0 Å². The Bertz CT molecular complexity index is 82.7. The minimum absolute atomic E-state index is 0.253. The van der Waals surface area contributed by atoms with Crippen LogP contribution in [-0.4, -0.2) is 4.75 Å². The summed E-state index contributed by atoms with van der Waals surface area (Å²) in [6, 6.07) is 0. The minimum atomic E-state index is 0.253. The summed E-state index contributed by atoms with van der Waals surface area (Å²) >= 11 is 4.64. The van der Waals surface area contributed by atoms with Gasteiger partial charge in [0, 0.05) is 4.75 Å². The van der Waals surface area contributed by atoms with Gasteiger partial charge in [0.15, 0.2) is 0 Å². The van der Waals surface area contributed by atoms with Crippen molar-refractivity contribution >= 4 is 12.6 Å². The van der Waals surface area contributed by atoms with E-state index in [-0.39, 0.29) is 4.75 Å². The van der Waals surface area contributed by atoms with E-state index in [9.17, 15) is 0 Å². The van der Waals surface area contributed by atoms with E-state index >= 15 is 0 Å². The van der Waals surface area contributed by atoms with Crippen LogP contribution in [0.5, 0.6) is 0 Å². The largest absolute Gasteiger partial charge is 0.173 e. The first kappa shape index (κ1) is 10.3. The average Bonchev–Trinajstić information content (AvgIpc) is 1.90. The summed E-state index contributed by atoms with van der Waals surface area (Å²) < 4.78 is 0.253. The summed E-state index contributed by atoms with van der Waals surface area (Å²) in [4.78, 5) is 0. The molecular weight excluding hydrogens is 140 g/mol. The molecular formula is C9H20S. The van der Waals surface area contributed by atoms with Gasteiger partial charge in [-0.25, -0.2) is 0 Å². The Morgan fingerprint density at radius 3 is 1.70 bits per heavy atom. The quantitative estimate of drug-likeness (QED) is 0.598. The SMILES string of the molecule is CCC(CC)C(C)(S)CC. The Labute approximate surface area is 70.8 Å². The number of rotatable bonds is 4. The second kappa shape index (κ2) is 4.27. The predicted molar refractivity (Wildman–Crippen MR) is 51.8 cm³/mol. The molecule has 0 spiro atoms. The predicted octanol–water partition coefficient (Wildman–Crippen LogP) is 3.52. The lowest BCUT2D eigenvalue weighted by atomic mass is 9.86. The third-order valence-corrected chi connectivity index (χ3v) is 3.26. The van der Waals surface area contributed by atoms with Crippen molar-refractivity contribution in [1.82, 2.24) is 0 Å². The molecule has 1 atom stereocenters. The van der Waals surface area contributed by atoms with Crippen molar-refractivity contribution < 1.29 is 0 Å². The third-order valence-electron chi connectivity index (χ3n) is 2.58. The molecule has 0 saturated heterocycles. The maximum atomic E-state index is 4.64. The summed E-state index contributed by atoms with van der Waals surface area (Å²) in [5.74, 6) is 0.779. The highest BCUT2D eigenvalue weighted by Gasteiger charge is 2.25. The van der Waals surface area contributed by atoms with Crippen LogP contribution in [0.3, 0.4) is 0 Å². The zero-order valence-corrected chi connectivity index (χ0v) is 8.54. The highest BCUT2D eigenvalue weighted by molar-refractivity contribution is 7.81. The van der Waals surface area contributed by atoms with Crippen molar-refractivity contribution in [3.05, 3.63) is 0 Å². The smallest absolute Gasteiger partial charge is 0.0127 e. The van der Waals surface area contributed by atoms with Gasteiger partial charge in [0.05, 0.1) is 0 Å².